The van der Waals surface area contributed by atoms with Crippen molar-refractivity contribution in [3.8, 4) is 0 Å². The molecule has 0 N–H and O–H groups in total. The van der Waals surface area contributed by atoms with Crippen molar-refractivity contribution in [1.82, 2.24) is 0 Å². The van der Waals surface area contributed by atoms with E-state index in [-0.39, 0.29) is 17.3 Å². The van der Waals surface area contributed by atoms with E-state index in [1.54, 1.807) is 12.7 Å². The van der Waals surface area contributed by atoms with Crippen LogP contribution >= 0.6 is 0 Å². The van der Waals surface area contributed by atoms with Crippen LogP contribution in [0.5, 0.6) is 0 Å². The molecular formula is C27H44O3. The van der Waals surface area contributed by atoms with Gasteiger partial charge in [0, 0.05) is 6.61 Å². The molecule has 0 aliphatic heterocycles. The molecule has 0 amide bonds. The average Bonchev–Trinajstić information content (AvgIpc) is 3.10. The quantitative estimate of drug-likeness (QED) is 0.263. The van der Waals surface area contributed by atoms with Gasteiger partial charge >= 0.3 is 5.97 Å². The summed E-state index contributed by atoms with van der Waals surface area (Å²) in [5.41, 5.74) is 2.20. The Balaban J connectivity index is 1.42. The number of methoxy groups -OCH3 is 1. The molecule has 4 aliphatic carbocycles. The highest BCUT2D eigenvalue weighted by Crippen LogP contribution is 2.66. The van der Waals surface area contributed by atoms with Crippen LogP contribution in [0.2, 0.25) is 0 Å². The van der Waals surface area contributed by atoms with Gasteiger partial charge in [0.15, 0.2) is 0 Å². The van der Waals surface area contributed by atoms with Crippen LogP contribution in [0, 0.1) is 34.5 Å². The standard InChI is InChI=1S/C27H44O3/c1-5-6-7-8-17-30-20-13-15-26(2)19(18-20)9-10-21-22-11-12-24(25(28)29-4)27(22,3)16-14-23(21)26/h9,20-24H,5-8,10-18H2,1-4H3/t20-,21?,22?,23?,24+,26-,27-/m0/s1. The third kappa shape index (κ3) is 3.78. The summed E-state index contributed by atoms with van der Waals surface area (Å²) in [6, 6.07) is 0. The van der Waals surface area contributed by atoms with Crippen molar-refractivity contribution in [2.45, 2.75) is 104 Å². The van der Waals surface area contributed by atoms with Crippen LogP contribution in [-0.2, 0) is 14.3 Å². The lowest BCUT2D eigenvalue weighted by molar-refractivity contribution is -0.152. The Labute approximate surface area is 184 Å². The maximum absolute atomic E-state index is 12.5. The number of carbonyl (C=O) groups excluding carboxylic acids is 1. The van der Waals surface area contributed by atoms with E-state index >= 15 is 0 Å². The van der Waals surface area contributed by atoms with Crippen LogP contribution in [-0.4, -0.2) is 25.8 Å². The molecule has 0 spiro atoms. The van der Waals surface area contributed by atoms with E-state index in [1.807, 2.05) is 0 Å². The number of allylic oxidation sites excluding steroid dienone is 1. The zero-order valence-corrected chi connectivity index (χ0v) is 19.9. The monoisotopic (exact) mass is 416 g/mol. The number of unbranched alkanes of at least 4 members (excludes halogenated alkanes) is 3. The highest BCUT2D eigenvalue weighted by Gasteiger charge is 2.60. The number of esters is 1. The normalized spacial score (nSPS) is 42.7. The molecule has 30 heavy (non-hydrogen) atoms. The number of hydrogen-bond donors (Lipinski definition) is 0. The highest BCUT2D eigenvalue weighted by molar-refractivity contribution is 5.73. The lowest BCUT2D eigenvalue weighted by atomic mass is 9.47. The predicted octanol–water partition coefficient (Wildman–Crippen LogP) is 6.70. The van der Waals surface area contributed by atoms with Gasteiger partial charge in [-0.15, -0.1) is 0 Å². The molecule has 4 aliphatic rings. The summed E-state index contributed by atoms with van der Waals surface area (Å²) in [5, 5.41) is 0. The van der Waals surface area contributed by atoms with Crippen LogP contribution in [0.1, 0.15) is 97.8 Å². The first-order valence-corrected chi connectivity index (χ1v) is 12.8. The maximum atomic E-state index is 12.5. The molecular weight excluding hydrogens is 372 g/mol. The molecule has 3 nitrogen and oxygen atoms in total. The van der Waals surface area contributed by atoms with Gasteiger partial charge in [-0.05, 0) is 86.4 Å². The predicted molar refractivity (Wildman–Crippen MR) is 121 cm³/mol. The number of ether oxygens (including phenoxy) is 2. The Morgan fingerprint density at radius 3 is 2.67 bits per heavy atom. The van der Waals surface area contributed by atoms with Gasteiger partial charge in [-0.2, -0.15) is 0 Å². The minimum Gasteiger partial charge on any atom is -0.469 e. The van der Waals surface area contributed by atoms with Gasteiger partial charge in [0.2, 0.25) is 0 Å². The lowest BCUT2D eigenvalue weighted by Crippen LogP contribution is -2.51. The largest absolute Gasteiger partial charge is 0.469 e. The van der Waals surface area contributed by atoms with Crippen molar-refractivity contribution >= 4 is 5.97 Å². The summed E-state index contributed by atoms with van der Waals surface area (Å²) < 4.78 is 11.5. The molecule has 0 heterocycles. The topological polar surface area (TPSA) is 35.5 Å². The van der Waals surface area contributed by atoms with Gasteiger partial charge in [0.1, 0.15) is 0 Å². The molecule has 0 bridgehead atoms. The smallest absolute Gasteiger partial charge is 0.309 e. The molecule has 7 atom stereocenters. The molecule has 3 saturated carbocycles. The summed E-state index contributed by atoms with van der Waals surface area (Å²) in [4.78, 5) is 12.5. The van der Waals surface area contributed by atoms with Crippen LogP contribution < -0.4 is 0 Å². The van der Waals surface area contributed by atoms with Gasteiger partial charge in [-0.3, -0.25) is 4.79 Å². The van der Waals surface area contributed by atoms with E-state index in [4.69, 9.17) is 9.47 Å². The third-order valence-corrected chi connectivity index (χ3v) is 9.90. The van der Waals surface area contributed by atoms with Gasteiger partial charge in [-0.1, -0.05) is 51.7 Å². The van der Waals surface area contributed by atoms with E-state index < -0.39 is 0 Å². The first-order chi connectivity index (χ1) is 14.4. The summed E-state index contributed by atoms with van der Waals surface area (Å²) in [6.07, 6.45) is 17.8. The fraction of sp³-hybridized carbons (Fsp3) is 0.889. The van der Waals surface area contributed by atoms with E-state index in [2.05, 4.69) is 26.8 Å². The van der Waals surface area contributed by atoms with Crippen molar-refractivity contribution in [2.75, 3.05) is 13.7 Å². The van der Waals surface area contributed by atoms with Crippen LogP contribution in [0.15, 0.2) is 11.6 Å². The Hall–Kier alpha value is -0.830. The van der Waals surface area contributed by atoms with Gasteiger partial charge < -0.3 is 9.47 Å². The number of carbonyl (C=O) groups is 1. The zero-order valence-electron chi connectivity index (χ0n) is 19.9. The SMILES string of the molecule is CCCCCCO[C@H]1CC[C@@]2(C)C(=CCC3C2CC[C@@]2(C)C3CC[C@@H]2C(=O)OC)C1. The number of hydrogen-bond acceptors (Lipinski definition) is 3. The second-order valence-electron chi connectivity index (χ2n) is 11.3. The molecule has 0 aromatic carbocycles. The first kappa shape index (κ1) is 22.4. The van der Waals surface area contributed by atoms with Crippen LogP contribution in [0.4, 0.5) is 0 Å². The molecule has 0 radical (unpaired) electrons. The van der Waals surface area contributed by atoms with Crippen molar-refractivity contribution in [3.63, 3.8) is 0 Å². The molecule has 3 fully saturated rings. The molecule has 3 heteroatoms. The van der Waals surface area contributed by atoms with E-state index in [9.17, 15) is 4.79 Å². The Morgan fingerprint density at radius 2 is 1.90 bits per heavy atom. The fourth-order valence-corrected chi connectivity index (χ4v) is 8.08. The molecule has 4 rings (SSSR count). The van der Waals surface area contributed by atoms with Crippen molar-refractivity contribution in [1.29, 1.82) is 0 Å². The molecule has 3 unspecified atom stereocenters. The zero-order chi connectivity index (χ0) is 21.4. The van der Waals surface area contributed by atoms with Crippen molar-refractivity contribution < 1.29 is 14.3 Å². The first-order valence-electron chi connectivity index (χ1n) is 12.8. The second-order valence-corrected chi connectivity index (χ2v) is 11.3. The molecule has 0 saturated heterocycles. The average molecular weight is 417 g/mol. The highest BCUT2D eigenvalue weighted by atomic mass is 16.5. The minimum absolute atomic E-state index is 0.0355. The van der Waals surface area contributed by atoms with E-state index in [0.717, 1.165) is 31.3 Å². The van der Waals surface area contributed by atoms with Crippen molar-refractivity contribution in [2.24, 2.45) is 34.5 Å². The second kappa shape index (κ2) is 8.96. The maximum Gasteiger partial charge on any atom is 0.309 e. The Morgan fingerprint density at radius 1 is 1.07 bits per heavy atom. The number of fused-ring (bicyclic) bond motifs is 5. The number of rotatable bonds is 7. The van der Waals surface area contributed by atoms with Gasteiger partial charge in [0.05, 0.1) is 19.1 Å². The summed E-state index contributed by atoms with van der Waals surface area (Å²) >= 11 is 0. The van der Waals surface area contributed by atoms with E-state index in [0.29, 0.717) is 17.4 Å². The molecule has 0 aromatic rings. The summed E-state index contributed by atoms with van der Waals surface area (Å²) in [6.45, 7) is 8.16. The van der Waals surface area contributed by atoms with Gasteiger partial charge in [-0.25, -0.2) is 0 Å². The van der Waals surface area contributed by atoms with Crippen LogP contribution in [0.25, 0.3) is 0 Å². The van der Waals surface area contributed by atoms with Crippen molar-refractivity contribution in [3.05, 3.63) is 11.6 Å². The Bertz CT molecular complexity index is 654. The lowest BCUT2D eigenvalue weighted by Gasteiger charge is -2.58. The molecule has 0 aromatic heterocycles. The third-order valence-electron chi connectivity index (χ3n) is 9.90. The minimum atomic E-state index is 0.0355. The van der Waals surface area contributed by atoms with E-state index in [1.165, 1.54) is 64.2 Å². The van der Waals surface area contributed by atoms with Gasteiger partial charge in [0.25, 0.3) is 0 Å². The molecule has 170 valence electrons. The summed E-state index contributed by atoms with van der Waals surface area (Å²) in [7, 11) is 1.56. The van der Waals surface area contributed by atoms with Crippen LogP contribution in [0.3, 0.4) is 0 Å². The Kier molecular flexibility index (Phi) is 6.68. The fourth-order valence-electron chi connectivity index (χ4n) is 8.08. The summed E-state index contributed by atoms with van der Waals surface area (Å²) in [5.74, 6) is 2.37.